The number of fused-ring (bicyclic) bond motifs is 1. The van der Waals surface area contributed by atoms with Crippen LogP contribution in [-0.2, 0) is 5.41 Å². The first-order valence-corrected chi connectivity index (χ1v) is 11.2. The number of hydrogen-bond acceptors (Lipinski definition) is 4. The molecule has 0 fully saturated rings. The highest BCUT2D eigenvalue weighted by Gasteiger charge is 2.21. The SMILES string of the molecule is CC(C)Oc1ccc(C(=O)/C(=C\c2ccc(C(C)(C)C)cc2)c2nc3ccccc3o2)cc1. The van der Waals surface area contributed by atoms with Crippen molar-refractivity contribution in [2.24, 2.45) is 0 Å². The van der Waals surface area contributed by atoms with E-state index in [1.165, 1.54) is 5.56 Å². The summed E-state index contributed by atoms with van der Waals surface area (Å²) >= 11 is 0. The van der Waals surface area contributed by atoms with E-state index in [-0.39, 0.29) is 17.3 Å². The molecule has 0 N–H and O–H groups in total. The van der Waals surface area contributed by atoms with E-state index in [9.17, 15) is 4.79 Å². The minimum absolute atomic E-state index is 0.0565. The third kappa shape index (κ3) is 5.23. The zero-order valence-corrected chi connectivity index (χ0v) is 19.8. The van der Waals surface area contributed by atoms with Crippen molar-refractivity contribution in [2.75, 3.05) is 0 Å². The fourth-order valence-electron chi connectivity index (χ4n) is 3.57. The molecule has 0 bridgehead atoms. The second-order valence-electron chi connectivity index (χ2n) is 9.44. The van der Waals surface area contributed by atoms with Gasteiger partial charge < -0.3 is 9.15 Å². The van der Waals surface area contributed by atoms with Crippen LogP contribution < -0.4 is 4.74 Å². The molecule has 168 valence electrons. The fourth-order valence-corrected chi connectivity index (χ4v) is 3.57. The normalized spacial score (nSPS) is 12.4. The molecule has 33 heavy (non-hydrogen) atoms. The third-order valence-electron chi connectivity index (χ3n) is 5.34. The van der Waals surface area contributed by atoms with Gasteiger partial charge in [-0.25, -0.2) is 4.98 Å². The summed E-state index contributed by atoms with van der Waals surface area (Å²) in [6, 6.07) is 22.9. The largest absolute Gasteiger partial charge is 0.491 e. The van der Waals surface area contributed by atoms with E-state index >= 15 is 0 Å². The molecule has 0 spiro atoms. The van der Waals surface area contributed by atoms with Gasteiger partial charge in [-0.15, -0.1) is 0 Å². The van der Waals surface area contributed by atoms with E-state index in [1.807, 2.05) is 68.5 Å². The maximum absolute atomic E-state index is 13.6. The Morgan fingerprint density at radius 2 is 1.61 bits per heavy atom. The van der Waals surface area contributed by atoms with E-state index in [2.05, 4.69) is 37.9 Å². The summed E-state index contributed by atoms with van der Waals surface area (Å²) in [7, 11) is 0. The fraction of sp³-hybridized carbons (Fsp3) is 0.241. The molecule has 0 aliphatic rings. The monoisotopic (exact) mass is 439 g/mol. The maximum Gasteiger partial charge on any atom is 0.231 e. The molecular formula is C29H29NO3. The van der Waals surface area contributed by atoms with Crippen molar-refractivity contribution < 1.29 is 13.9 Å². The number of carbonyl (C=O) groups is 1. The lowest BCUT2D eigenvalue weighted by molar-refractivity contribution is 0.105. The van der Waals surface area contributed by atoms with Crippen LogP contribution in [0.2, 0.25) is 0 Å². The molecule has 4 nitrogen and oxygen atoms in total. The summed E-state index contributed by atoms with van der Waals surface area (Å²) in [5.41, 5.74) is 4.52. The Hall–Kier alpha value is -3.66. The van der Waals surface area contributed by atoms with Crippen molar-refractivity contribution in [2.45, 2.75) is 46.1 Å². The Bertz CT molecular complexity index is 1250. The van der Waals surface area contributed by atoms with Gasteiger partial charge in [-0.2, -0.15) is 0 Å². The summed E-state index contributed by atoms with van der Waals surface area (Å²) in [6.07, 6.45) is 1.91. The van der Waals surface area contributed by atoms with Crippen molar-refractivity contribution in [3.63, 3.8) is 0 Å². The molecule has 3 aromatic carbocycles. The van der Waals surface area contributed by atoms with Gasteiger partial charge in [-0.05, 0) is 72.9 Å². The molecule has 0 radical (unpaired) electrons. The summed E-state index contributed by atoms with van der Waals surface area (Å²) < 4.78 is 11.7. The van der Waals surface area contributed by atoms with Crippen LogP contribution in [0.25, 0.3) is 22.7 Å². The van der Waals surface area contributed by atoms with Gasteiger partial charge in [0.05, 0.1) is 11.7 Å². The number of allylic oxidation sites excluding steroid dienone is 1. The first kappa shape index (κ1) is 22.5. The molecule has 1 heterocycles. The van der Waals surface area contributed by atoms with Gasteiger partial charge in [-0.1, -0.05) is 57.2 Å². The molecule has 4 aromatic rings. The Kier molecular flexibility index (Phi) is 6.19. The molecule has 4 heteroatoms. The Labute approximate surface area is 194 Å². The van der Waals surface area contributed by atoms with Crippen molar-refractivity contribution >= 4 is 28.5 Å². The highest BCUT2D eigenvalue weighted by Crippen LogP contribution is 2.28. The average Bonchev–Trinajstić information content (AvgIpc) is 3.21. The van der Waals surface area contributed by atoms with Crippen LogP contribution in [0, 0.1) is 0 Å². The summed E-state index contributed by atoms with van der Waals surface area (Å²) in [5.74, 6) is 0.882. The Morgan fingerprint density at radius 1 is 0.939 bits per heavy atom. The van der Waals surface area contributed by atoms with E-state index in [0.29, 0.717) is 22.6 Å². The summed E-state index contributed by atoms with van der Waals surface area (Å²) in [4.78, 5) is 18.2. The molecular weight excluding hydrogens is 410 g/mol. The quantitative estimate of drug-likeness (QED) is 0.233. The van der Waals surface area contributed by atoms with Crippen LogP contribution in [0.1, 0.15) is 62.0 Å². The second kappa shape index (κ2) is 9.07. The Balaban J connectivity index is 1.75. The van der Waals surface area contributed by atoms with Crippen molar-refractivity contribution in [3.8, 4) is 5.75 Å². The molecule has 0 unspecified atom stereocenters. The molecule has 4 rings (SSSR count). The highest BCUT2D eigenvalue weighted by molar-refractivity contribution is 6.31. The lowest BCUT2D eigenvalue weighted by Gasteiger charge is -2.18. The van der Waals surface area contributed by atoms with E-state index < -0.39 is 0 Å². The first-order chi connectivity index (χ1) is 15.7. The second-order valence-corrected chi connectivity index (χ2v) is 9.44. The predicted molar refractivity (Wildman–Crippen MR) is 134 cm³/mol. The van der Waals surface area contributed by atoms with Gasteiger partial charge in [0.2, 0.25) is 5.89 Å². The molecule has 0 saturated carbocycles. The lowest BCUT2D eigenvalue weighted by atomic mass is 9.86. The first-order valence-electron chi connectivity index (χ1n) is 11.2. The Morgan fingerprint density at radius 3 is 2.21 bits per heavy atom. The number of rotatable bonds is 6. The number of ether oxygens (including phenoxy) is 1. The number of Topliss-reactive ketones (excluding diaryl/α,β-unsaturated/α-hetero) is 1. The number of ketones is 1. The number of para-hydroxylation sites is 2. The number of benzene rings is 3. The van der Waals surface area contributed by atoms with Gasteiger partial charge in [0, 0.05) is 5.56 Å². The molecule has 1 aromatic heterocycles. The average molecular weight is 440 g/mol. The lowest BCUT2D eigenvalue weighted by Crippen LogP contribution is -2.10. The molecule has 0 aliphatic heterocycles. The number of nitrogens with zero attached hydrogens (tertiary/aromatic N) is 1. The van der Waals surface area contributed by atoms with Gasteiger partial charge in [0.1, 0.15) is 11.3 Å². The van der Waals surface area contributed by atoms with E-state index in [1.54, 1.807) is 12.1 Å². The molecule has 0 amide bonds. The van der Waals surface area contributed by atoms with E-state index in [4.69, 9.17) is 9.15 Å². The van der Waals surface area contributed by atoms with Crippen LogP contribution in [0.5, 0.6) is 5.75 Å². The highest BCUT2D eigenvalue weighted by atomic mass is 16.5. The predicted octanol–water partition coefficient (Wildman–Crippen LogP) is 7.34. The van der Waals surface area contributed by atoms with Crippen LogP contribution >= 0.6 is 0 Å². The zero-order chi connectivity index (χ0) is 23.6. The molecule has 0 saturated heterocycles. The minimum Gasteiger partial charge on any atom is -0.491 e. The van der Waals surface area contributed by atoms with Gasteiger partial charge in [0.25, 0.3) is 0 Å². The van der Waals surface area contributed by atoms with Gasteiger partial charge in [0.15, 0.2) is 11.4 Å². The smallest absolute Gasteiger partial charge is 0.231 e. The van der Waals surface area contributed by atoms with Crippen LogP contribution in [0.4, 0.5) is 0 Å². The number of carbonyl (C=O) groups excluding carboxylic acids is 1. The summed E-state index contributed by atoms with van der Waals surface area (Å²) in [5, 5.41) is 0. The van der Waals surface area contributed by atoms with Gasteiger partial charge in [-0.3, -0.25) is 4.79 Å². The maximum atomic E-state index is 13.6. The van der Waals surface area contributed by atoms with Crippen LogP contribution in [0.3, 0.4) is 0 Å². The van der Waals surface area contributed by atoms with Gasteiger partial charge >= 0.3 is 0 Å². The van der Waals surface area contributed by atoms with E-state index in [0.717, 1.165) is 16.8 Å². The van der Waals surface area contributed by atoms with Crippen molar-refractivity contribution in [1.29, 1.82) is 0 Å². The summed E-state index contributed by atoms with van der Waals surface area (Å²) in [6.45, 7) is 10.5. The topological polar surface area (TPSA) is 52.3 Å². The zero-order valence-electron chi connectivity index (χ0n) is 19.8. The minimum atomic E-state index is -0.155. The van der Waals surface area contributed by atoms with Crippen molar-refractivity contribution in [3.05, 3.63) is 95.4 Å². The molecule has 0 aliphatic carbocycles. The van der Waals surface area contributed by atoms with Crippen molar-refractivity contribution in [1.82, 2.24) is 4.98 Å². The standard InChI is InChI=1S/C29H29NO3/c1-19(2)32-23-16-12-21(13-17-23)27(31)24(28-30-25-8-6-7-9-26(25)33-28)18-20-10-14-22(15-11-20)29(3,4)5/h6-19H,1-5H3/b24-18+. The molecule has 0 atom stereocenters. The number of hydrogen-bond donors (Lipinski definition) is 0. The third-order valence-corrected chi connectivity index (χ3v) is 5.34. The number of oxazole rings is 1. The van der Waals surface area contributed by atoms with Crippen LogP contribution in [0.15, 0.2) is 77.2 Å². The van der Waals surface area contributed by atoms with Crippen LogP contribution in [-0.4, -0.2) is 16.9 Å². The number of aromatic nitrogens is 1.